The van der Waals surface area contributed by atoms with E-state index in [4.69, 9.17) is 4.74 Å². The van der Waals surface area contributed by atoms with Crippen LogP contribution in [-0.4, -0.2) is 26.3 Å². The van der Waals surface area contributed by atoms with Gasteiger partial charge in [-0.2, -0.15) is 0 Å². The van der Waals surface area contributed by atoms with Crippen molar-refractivity contribution >= 4 is 0 Å². The lowest BCUT2D eigenvalue weighted by Gasteiger charge is -2.38. The number of hydrogen-bond acceptors (Lipinski definition) is 2. The van der Waals surface area contributed by atoms with Crippen LogP contribution in [0.2, 0.25) is 0 Å². The molecular weight excluding hydrogens is 222 g/mol. The van der Waals surface area contributed by atoms with Gasteiger partial charge < -0.3 is 10.1 Å². The summed E-state index contributed by atoms with van der Waals surface area (Å²) in [4.78, 5) is 0. The van der Waals surface area contributed by atoms with Gasteiger partial charge in [-0.3, -0.25) is 0 Å². The second-order valence-electron chi connectivity index (χ2n) is 6.22. The molecule has 1 N–H and O–H groups in total. The minimum atomic E-state index is 0.775. The van der Waals surface area contributed by atoms with Crippen molar-refractivity contribution < 1.29 is 4.74 Å². The topological polar surface area (TPSA) is 21.3 Å². The number of ether oxygens (including phenoxy) is 1. The normalized spacial score (nSPS) is 28.8. The molecule has 1 saturated carbocycles. The molecule has 3 unspecified atom stereocenters. The van der Waals surface area contributed by atoms with Crippen LogP contribution >= 0.6 is 0 Å². The molecule has 1 aliphatic rings. The van der Waals surface area contributed by atoms with Crippen molar-refractivity contribution in [1.82, 2.24) is 5.32 Å². The van der Waals surface area contributed by atoms with Gasteiger partial charge in [0.2, 0.25) is 0 Å². The van der Waals surface area contributed by atoms with Gasteiger partial charge in [-0.25, -0.2) is 0 Å². The van der Waals surface area contributed by atoms with Crippen LogP contribution in [-0.2, 0) is 4.74 Å². The summed E-state index contributed by atoms with van der Waals surface area (Å²) in [6.07, 6.45) is 5.31. The maximum Gasteiger partial charge on any atom is 0.0497 e. The first-order valence-corrected chi connectivity index (χ1v) is 7.97. The van der Waals surface area contributed by atoms with Crippen LogP contribution < -0.4 is 5.32 Å². The summed E-state index contributed by atoms with van der Waals surface area (Å²) in [6, 6.07) is 0. The number of hydrogen-bond donors (Lipinski definition) is 1. The molecule has 0 aromatic rings. The van der Waals surface area contributed by atoms with E-state index in [9.17, 15) is 0 Å². The zero-order valence-electron chi connectivity index (χ0n) is 12.9. The molecule has 0 aromatic heterocycles. The highest BCUT2D eigenvalue weighted by molar-refractivity contribution is 4.82. The molecule has 0 saturated heterocycles. The maximum atomic E-state index is 5.83. The quantitative estimate of drug-likeness (QED) is 0.668. The highest BCUT2D eigenvalue weighted by Gasteiger charge is 2.31. The van der Waals surface area contributed by atoms with E-state index < -0.39 is 0 Å². The Morgan fingerprint density at radius 2 is 1.94 bits per heavy atom. The summed E-state index contributed by atoms with van der Waals surface area (Å²) in [6.45, 7) is 13.3. The Kier molecular flexibility index (Phi) is 7.92. The Hall–Kier alpha value is -0.0800. The molecule has 18 heavy (non-hydrogen) atoms. The Balaban J connectivity index is 2.44. The standard InChI is InChI=1S/C16H33NO/c1-5-9-18-12-16-10-14(13(3)4)7-8-15(16)11-17-6-2/h13-17H,5-12H2,1-4H3. The second kappa shape index (κ2) is 8.92. The molecule has 1 fully saturated rings. The number of rotatable bonds is 8. The van der Waals surface area contributed by atoms with Crippen LogP contribution in [0.1, 0.15) is 53.4 Å². The van der Waals surface area contributed by atoms with Gasteiger partial charge in [-0.1, -0.05) is 27.7 Å². The van der Waals surface area contributed by atoms with Crippen molar-refractivity contribution in [2.75, 3.05) is 26.3 Å². The third-order valence-electron chi connectivity index (χ3n) is 4.46. The number of nitrogens with one attached hydrogen (secondary N) is 1. The van der Waals surface area contributed by atoms with Crippen molar-refractivity contribution in [2.45, 2.75) is 53.4 Å². The fraction of sp³-hybridized carbons (Fsp3) is 1.00. The zero-order chi connectivity index (χ0) is 13.4. The average molecular weight is 255 g/mol. The van der Waals surface area contributed by atoms with Crippen LogP contribution in [0, 0.1) is 23.7 Å². The summed E-state index contributed by atoms with van der Waals surface area (Å²) in [7, 11) is 0. The summed E-state index contributed by atoms with van der Waals surface area (Å²) in [5.74, 6) is 3.35. The fourth-order valence-electron chi connectivity index (χ4n) is 3.15. The Morgan fingerprint density at radius 1 is 1.17 bits per heavy atom. The summed E-state index contributed by atoms with van der Waals surface area (Å²) in [5.41, 5.74) is 0. The molecule has 0 heterocycles. The highest BCUT2D eigenvalue weighted by atomic mass is 16.5. The maximum absolute atomic E-state index is 5.83. The summed E-state index contributed by atoms with van der Waals surface area (Å²) < 4.78 is 5.83. The molecule has 2 heteroatoms. The molecule has 108 valence electrons. The van der Waals surface area contributed by atoms with Crippen LogP contribution in [0.3, 0.4) is 0 Å². The monoisotopic (exact) mass is 255 g/mol. The van der Waals surface area contributed by atoms with Gasteiger partial charge in [0.05, 0.1) is 0 Å². The fourth-order valence-corrected chi connectivity index (χ4v) is 3.15. The molecular formula is C16H33NO. The van der Waals surface area contributed by atoms with Gasteiger partial charge in [0.25, 0.3) is 0 Å². The van der Waals surface area contributed by atoms with Gasteiger partial charge in [0.1, 0.15) is 0 Å². The second-order valence-corrected chi connectivity index (χ2v) is 6.22. The molecule has 3 atom stereocenters. The Bertz CT molecular complexity index is 205. The van der Waals surface area contributed by atoms with E-state index in [-0.39, 0.29) is 0 Å². The van der Waals surface area contributed by atoms with Crippen LogP contribution in [0.4, 0.5) is 0 Å². The molecule has 1 aliphatic carbocycles. The van der Waals surface area contributed by atoms with Crippen molar-refractivity contribution in [2.24, 2.45) is 23.7 Å². The summed E-state index contributed by atoms with van der Waals surface area (Å²) >= 11 is 0. The van der Waals surface area contributed by atoms with Gasteiger partial charge in [0.15, 0.2) is 0 Å². The highest BCUT2D eigenvalue weighted by Crippen LogP contribution is 2.37. The minimum Gasteiger partial charge on any atom is -0.381 e. The van der Waals surface area contributed by atoms with Crippen LogP contribution in [0.5, 0.6) is 0 Å². The average Bonchev–Trinajstić information content (AvgIpc) is 2.37. The van der Waals surface area contributed by atoms with E-state index in [1.54, 1.807) is 0 Å². The van der Waals surface area contributed by atoms with Gasteiger partial charge in [0, 0.05) is 13.2 Å². The van der Waals surface area contributed by atoms with Crippen molar-refractivity contribution in [3.8, 4) is 0 Å². The lowest BCUT2D eigenvalue weighted by Crippen LogP contribution is -2.36. The minimum absolute atomic E-state index is 0.775. The third-order valence-corrected chi connectivity index (χ3v) is 4.46. The van der Waals surface area contributed by atoms with E-state index in [1.165, 1.54) is 25.8 Å². The van der Waals surface area contributed by atoms with E-state index in [0.29, 0.717) is 0 Å². The van der Waals surface area contributed by atoms with E-state index >= 15 is 0 Å². The third kappa shape index (κ3) is 5.27. The van der Waals surface area contributed by atoms with Gasteiger partial charge in [-0.05, 0) is 62.4 Å². The Morgan fingerprint density at radius 3 is 2.56 bits per heavy atom. The predicted molar refractivity (Wildman–Crippen MR) is 78.8 cm³/mol. The van der Waals surface area contributed by atoms with Crippen LogP contribution in [0.25, 0.3) is 0 Å². The molecule has 0 radical (unpaired) electrons. The lowest BCUT2D eigenvalue weighted by molar-refractivity contribution is 0.0375. The largest absolute Gasteiger partial charge is 0.381 e. The predicted octanol–water partition coefficient (Wildman–Crippen LogP) is 3.71. The van der Waals surface area contributed by atoms with Crippen LogP contribution in [0.15, 0.2) is 0 Å². The lowest BCUT2D eigenvalue weighted by atomic mass is 9.71. The smallest absolute Gasteiger partial charge is 0.0497 e. The Labute approximate surface area is 114 Å². The molecule has 0 bridgehead atoms. The van der Waals surface area contributed by atoms with E-state index in [0.717, 1.165) is 49.9 Å². The summed E-state index contributed by atoms with van der Waals surface area (Å²) in [5, 5.41) is 3.53. The van der Waals surface area contributed by atoms with E-state index in [2.05, 4.69) is 33.0 Å². The first-order chi connectivity index (χ1) is 8.69. The first kappa shape index (κ1) is 16.0. The molecule has 1 rings (SSSR count). The van der Waals surface area contributed by atoms with Crippen molar-refractivity contribution in [1.29, 1.82) is 0 Å². The zero-order valence-corrected chi connectivity index (χ0v) is 12.9. The van der Waals surface area contributed by atoms with Gasteiger partial charge in [-0.15, -0.1) is 0 Å². The van der Waals surface area contributed by atoms with E-state index in [1.807, 2.05) is 0 Å². The molecule has 0 spiro atoms. The van der Waals surface area contributed by atoms with Crippen molar-refractivity contribution in [3.63, 3.8) is 0 Å². The molecule has 0 aliphatic heterocycles. The van der Waals surface area contributed by atoms with Gasteiger partial charge >= 0.3 is 0 Å². The molecule has 0 amide bonds. The first-order valence-electron chi connectivity index (χ1n) is 7.97. The van der Waals surface area contributed by atoms with Crippen molar-refractivity contribution in [3.05, 3.63) is 0 Å². The SMILES string of the molecule is CCCOCC1CC(C(C)C)CCC1CNCC. The molecule has 2 nitrogen and oxygen atoms in total. The molecule has 0 aromatic carbocycles.